The molecule has 7 aromatic carbocycles. The van der Waals surface area contributed by atoms with Crippen LogP contribution in [0, 0.1) is 0 Å². The van der Waals surface area contributed by atoms with Crippen molar-refractivity contribution in [3.05, 3.63) is 169 Å². The van der Waals surface area contributed by atoms with Gasteiger partial charge in [-0.05, 0) is 89.5 Å². The summed E-state index contributed by atoms with van der Waals surface area (Å²) in [6.45, 7) is 2.23. The topological polar surface area (TPSA) is 6.48 Å². The smallest absolute Gasteiger partial charge is 0.0618 e. The van der Waals surface area contributed by atoms with Crippen LogP contribution in [-0.2, 0) is 6.42 Å². The molecule has 0 aliphatic heterocycles. The van der Waals surface area contributed by atoms with Gasteiger partial charge >= 0.3 is 0 Å². The predicted molar refractivity (Wildman–Crippen MR) is 185 cm³/mol. The first kappa shape index (κ1) is 26.6. The molecule has 0 aromatic heterocycles. The molecule has 0 spiro atoms. The van der Waals surface area contributed by atoms with Crippen LogP contribution in [0.25, 0.3) is 21.5 Å². The first-order valence-corrected chi connectivity index (χ1v) is 15.1. The van der Waals surface area contributed by atoms with E-state index in [1.807, 2.05) is 0 Å². The van der Waals surface area contributed by atoms with E-state index in [1.54, 1.807) is 0 Å². The number of benzene rings is 7. The molecule has 0 amide bonds. The Morgan fingerprint density at radius 2 is 0.791 bits per heavy atom. The minimum absolute atomic E-state index is 1.10. The summed E-state index contributed by atoms with van der Waals surface area (Å²) in [5.41, 5.74) is 8.21. The summed E-state index contributed by atoms with van der Waals surface area (Å²) in [6, 6.07) is 59.0. The van der Waals surface area contributed by atoms with E-state index in [1.165, 1.54) is 32.8 Å². The molecule has 0 heterocycles. The van der Waals surface area contributed by atoms with Gasteiger partial charge in [0.05, 0.1) is 5.69 Å². The Morgan fingerprint density at radius 1 is 0.395 bits per heavy atom. The van der Waals surface area contributed by atoms with Crippen LogP contribution in [0.2, 0.25) is 0 Å². The molecule has 7 aromatic rings. The summed E-state index contributed by atoms with van der Waals surface area (Å²) in [5.74, 6) is 0. The van der Waals surface area contributed by atoms with E-state index >= 15 is 0 Å². The molecule has 0 saturated heterocycles. The highest BCUT2D eigenvalue weighted by molar-refractivity contribution is 6.14. The van der Waals surface area contributed by atoms with Crippen molar-refractivity contribution in [1.29, 1.82) is 0 Å². The zero-order chi connectivity index (χ0) is 29.0. The average molecular weight is 555 g/mol. The summed E-state index contributed by atoms with van der Waals surface area (Å²) in [5, 5.41) is 4.92. The van der Waals surface area contributed by atoms with Crippen molar-refractivity contribution in [3.8, 4) is 0 Å². The Labute approximate surface area is 254 Å². The minimum atomic E-state index is 1.10. The quantitative estimate of drug-likeness (QED) is 0.172. The van der Waals surface area contributed by atoms with Gasteiger partial charge < -0.3 is 9.80 Å². The van der Waals surface area contributed by atoms with Gasteiger partial charge in [0.25, 0.3) is 0 Å². The predicted octanol–water partition coefficient (Wildman–Crippen LogP) is 11.9. The Hall–Kier alpha value is -5.34. The first-order valence-electron chi connectivity index (χ1n) is 15.1. The van der Waals surface area contributed by atoms with Crippen molar-refractivity contribution in [2.45, 2.75) is 19.8 Å². The van der Waals surface area contributed by atoms with Crippen LogP contribution in [-0.4, -0.2) is 0 Å². The minimum Gasteiger partial charge on any atom is -0.311 e. The van der Waals surface area contributed by atoms with Gasteiger partial charge in [0.1, 0.15) is 0 Å². The Bertz CT molecular complexity index is 1910. The van der Waals surface area contributed by atoms with E-state index in [0.717, 1.165) is 41.3 Å². The van der Waals surface area contributed by atoms with E-state index in [4.69, 9.17) is 0 Å². The van der Waals surface area contributed by atoms with Crippen molar-refractivity contribution in [2.24, 2.45) is 0 Å². The van der Waals surface area contributed by atoms with Crippen LogP contribution in [0.5, 0.6) is 0 Å². The van der Waals surface area contributed by atoms with Gasteiger partial charge in [0, 0.05) is 39.2 Å². The second-order valence-electron chi connectivity index (χ2n) is 10.9. The second-order valence-corrected chi connectivity index (χ2v) is 10.9. The first-order chi connectivity index (χ1) is 21.3. The Kier molecular flexibility index (Phi) is 7.33. The summed E-state index contributed by atoms with van der Waals surface area (Å²) in [6.07, 6.45) is 2.24. The summed E-state index contributed by atoms with van der Waals surface area (Å²) >= 11 is 0. The van der Waals surface area contributed by atoms with Crippen molar-refractivity contribution in [2.75, 3.05) is 9.80 Å². The molecule has 0 aliphatic carbocycles. The number of anilines is 6. The number of hydrogen-bond donors (Lipinski definition) is 0. The molecule has 0 bridgehead atoms. The average Bonchev–Trinajstić information content (AvgIpc) is 3.07. The Morgan fingerprint density at radius 3 is 1.30 bits per heavy atom. The molecule has 0 atom stereocenters. The maximum Gasteiger partial charge on any atom is 0.0618 e. The summed E-state index contributed by atoms with van der Waals surface area (Å²) in [7, 11) is 0. The summed E-state index contributed by atoms with van der Waals surface area (Å²) in [4.78, 5) is 4.74. The molecule has 208 valence electrons. The molecular weight excluding hydrogens is 520 g/mol. The molecule has 0 aliphatic rings. The number of hydrogen-bond acceptors (Lipinski definition) is 2. The third-order valence-electron chi connectivity index (χ3n) is 8.09. The lowest BCUT2D eigenvalue weighted by Gasteiger charge is -2.30. The number of nitrogens with zero attached hydrogens (tertiary/aromatic N) is 2. The highest BCUT2D eigenvalue weighted by atomic mass is 15.2. The SMILES string of the molecule is CCCc1ccc(N(c2ccccc2)c2ccc(N(c3ccccc3)c3c4ccccc4cc4ccccc34)cc2)cc1. The fraction of sp³-hybridized carbons (Fsp3) is 0.0732. The fourth-order valence-electron chi connectivity index (χ4n) is 6.09. The van der Waals surface area contributed by atoms with Gasteiger partial charge in [-0.1, -0.05) is 110 Å². The zero-order valence-electron chi connectivity index (χ0n) is 24.4. The summed E-state index contributed by atoms with van der Waals surface area (Å²) < 4.78 is 0. The van der Waals surface area contributed by atoms with Crippen molar-refractivity contribution in [1.82, 2.24) is 0 Å². The van der Waals surface area contributed by atoms with Crippen LogP contribution in [0.4, 0.5) is 34.1 Å². The number of para-hydroxylation sites is 2. The molecule has 0 fully saturated rings. The molecule has 0 radical (unpaired) electrons. The second kappa shape index (κ2) is 11.9. The highest BCUT2D eigenvalue weighted by Gasteiger charge is 2.19. The molecule has 0 saturated carbocycles. The molecule has 2 nitrogen and oxygen atoms in total. The molecule has 0 N–H and O–H groups in total. The fourth-order valence-corrected chi connectivity index (χ4v) is 6.09. The maximum absolute atomic E-state index is 2.40. The lowest BCUT2D eigenvalue weighted by atomic mass is 9.99. The third kappa shape index (κ3) is 5.24. The van der Waals surface area contributed by atoms with Gasteiger partial charge in [-0.2, -0.15) is 0 Å². The number of aryl methyl sites for hydroxylation is 1. The van der Waals surface area contributed by atoms with Crippen LogP contribution in [0.3, 0.4) is 0 Å². The van der Waals surface area contributed by atoms with E-state index in [0.29, 0.717) is 0 Å². The van der Waals surface area contributed by atoms with Crippen LogP contribution in [0.1, 0.15) is 18.9 Å². The van der Waals surface area contributed by atoms with E-state index in [9.17, 15) is 0 Å². The zero-order valence-corrected chi connectivity index (χ0v) is 24.4. The maximum atomic E-state index is 2.40. The van der Waals surface area contributed by atoms with E-state index < -0.39 is 0 Å². The van der Waals surface area contributed by atoms with Gasteiger partial charge in [-0.3, -0.25) is 0 Å². The Balaban J connectivity index is 1.38. The molecule has 7 rings (SSSR count). The van der Waals surface area contributed by atoms with E-state index in [-0.39, 0.29) is 0 Å². The van der Waals surface area contributed by atoms with Crippen LogP contribution >= 0.6 is 0 Å². The van der Waals surface area contributed by atoms with Crippen molar-refractivity contribution >= 4 is 55.7 Å². The number of fused-ring (bicyclic) bond motifs is 2. The normalized spacial score (nSPS) is 11.1. The van der Waals surface area contributed by atoms with Gasteiger partial charge in [0.15, 0.2) is 0 Å². The molecular formula is C41H34N2. The lowest BCUT2D eigenvalue weighted by Crippen LogP contribution is -2.13. The van der Waals surface area contributed by atoms with Gasteiger partial charge in [-0.15, -0.1) is 0 Å². The highest BCUT2D eigenvalue weighted by Crippen LogP contribution is 2.44. The van der Waals surface area contributed by atoms with Gasteiger partial charge in [-0.25, -0.2) is 0 Å². The van der Waals surface area contributed by atoms with Crippen molar-refractivity contribution in [3.63, 3.8) is 0 Å². The van der Waals surface area contributed by atoms with E-state index in [2.05, 4.69) is 181 Å². The monoisotopic (exact) mass is 554 g/mol. The largest absolute Gasteiger partial charge is 0.311 e. The van der Waals surface area contributed by atoms with Crippen LogP contribution < -0.4 is 9.80 Å². The number of rotatable bonds is 8. The van der Waals surface area contributed by atoms with Gasteiger partial charge in [0.2, 0.25) is 0 Å². The standard InChI is InChI=1S/C41H34N2/c1-2-13-31-22-24-36(25-23-31)42(34-16-5-3-6-17-34)37-26-28-38(29-27-37)43(35-18-7-4-8-19-35)41-39-20-11-9-14-32(39)30-33-15-10-12-21-40(33)41/h3-12,14-30H,2,13H2,1H3. The molecule has 43 heavy (non-hydrogen) atoms. The molecule has 2 heteroatoms. The lowest BCUT2D eigenvalue weighted by molar-refractivity contribution is 0.922. The third-order valence-corrected chi connectivity index (χ3v) is 8.09. The van der Waals surface area contributed by atoms with Crippen molar-refractivity contribution < 1.29 is 0 Å². The molecule has 0 unspecified atom stereocenters. The van der Waals surface area contributed by atoms with Crippen LogP contribution in [0.15, 0.2) is 164 Å².